The highest BCUT2D eigenvalue weighted by Gasteiger charge is 2.32. The highest BCUT2D eigenvalue weighted by Crippen LogP contribution is 2.24. The number of rotatable bonds is 5. The van der Waals surface area contributed by atoms with Gasteiger partial charge in [0.05, 0.1) is 6.04 Å². The quantitative estimate of drug-likeness (QED) is 0.602. The number of nitrogens with one attached hydrogen (secondary N) is 1. The van der Waals surface area contributed by atoms with Crippen molar-refractivity contribution >= 4 is 31.8 Å². The fourth-order valence-corrected chi connectivity index (χ4v) is 2.17. The lowest BCUT2D eigenvalue weighted by Gasteiger charge is -2.22. The summed E-state index contributed by atoms with van der Waals surface area (Å²) in [5, 5.41) is 2.75. The molecule has 0 fully saturated rings. The van der Waals surface area contributed by atoms with Crippen molar-refractivity contribution in [2.24, 2.45) is 0 Å². The highest BCUT2D eigenvalue weighted by atomic mass is 16.2. The maximum absolute atomic E-state index is 12.1. The molecule has 1 aromatic carbocycles. The van der Waals surface area contributed by atoms with Gasteiger partial charge in [0, 0.05) is 18.5 Å². The highest BCUT2D eigenvalue weighted by molar-refractivity contribution is 6.32. The lowest BCUT2D eigenvalue weighted by Crippen LogP contribution is -2.36. The van der Waals surface area contributed by atoms with E-state index < -0.39 is 6.04 Å². The smallest absolute Gasteiger partial charge is 0.255 e. The van der Waals surface area contributed by atoms with Gasteiger partial charge in [-0.2, -0.15) is 0 Å². The summed E-state index contributed by atoms with van der Waals surface area (Å²) in [6.07, 6.45) is 2.10. The molecule has 1 aromatic rings. The predicted molar refractivity (Wildman–Crippen MR) is 81.8 cm³/mol. The minimum Gasteiger partial charge on any atom is -0.325 e. The Morgan fingerprint density at radius 3 is 2.62 bits per heavy atom. The number of benzene rings is 1. The molecule has 1 aliphatic rings. The molecule has 2 rings (SSSR count). The van der Waals surface area contributed by atoms with Gasteiger partial charge >= 0.3 is 0 Å². The number of carbonyl (C=O) groups is 3. The van der Waals surface area contributed by atoms with Crippen molar-refractivity contribution in [1.29, 1.82) is 0 Å². The predicted octanol–water partition coefficient (Wildman–Crippen LogP) is -0.182. The number of fused-ring (bicyclic) bond motifs is 1. The van der Waals surface area contributed by atoms with Gasteiger partial charge in [-0.15, -0.1) is 0 Å². The zero-order chi connectivity index (χ0) is 15.8. The van der Waals surface area contributed by atoms with Crippen LogP contribution in [0.15, 0.2) is 18.2 Å². The van der Waals surface area contributed by atoms with Crippen molar-refractivity contribution in [1.82, 2.24) is 10.2 Å². The Labute approximate surface area is 126 Å². The molecule has 1 aliphatic heterocycles. The van der Waals surface area contributed by atoms with E-state index in [1.54, 1.807) is 18.2 Å². The molecule has 1 unspecified atom stereocenters. The van der Waals surface area contributed by atoms with Crippen LogP contribution in [-0.4, -0.2) is 51.4 Å². The van der Waals surface area contributed by atoms with Crippen LogP contribution in [0.1, 0.15) is 28.8 Å². The second-order valence-electron chi connectivity index (χ2n) is 4.80. The molecule has 6 heteroatoms. The van der Waals surface area contributed by atoms with Gasteiger partial charge in [-0.1, -0.05) is 17.6 Å². The number of carbonyl (C=O) groups excluding carboxylic acids is 3. The first-order chi connectivity index (χ1) is 10.1. The molecule has 0 aromatic heterocycles. The third-order valence-electron chi connectivity index (χ3n) is 3.10. The molecule has 0 bridgehead atoms. The zero-order valence-electron chi connectivity index (χ0n) is 12.3. The molecule has 5 nitrogen and oxygen atoms in total. The normalized spacial score (nSPS) is 14.0. The van der Waals surface area contributed by atoms with Crippen LogP contribution in [0.5, 0.6) is 0 Å². The van der Waals surface area contributed by atoms with Gasteiger partial charge in [-0.25, -0.2) is 0 Å². The SMILES string of the molecule is CNC.[B]c1ccc2c(c1)CN(C(C=O)CCC=O)C2=O. The first-order valence-electron chi connectivity index (χ1n) is 6.75. The van der Waals surface area contributed by atoms with Crippen molar-refractivity contribution in [2.75, 3.05) is 14.1 Å². The number of nitrogens with zero attached hydrogens (tertiary/aromatic N) is 1. The van der Waals surface area contributed by atoms with Gasteiger partial charge in [-0.3, -0.25) is 4.79 Å². The number of amides is 1. The Kier molecular flexibility index (Phi) is 6.82. The lowest BCUT2D eigenvalue weighted by molar-refractivity contribution is -0.112. The first-order valence-corrected chi connectivity index (χ1v) is 6.75. The van der Waals surface area contributed by atoms with E-state index in [2.05, 4.69) is 5.32 Å². The summed E-state index contributed by atoms with van der Waals surface area (Å²) in [7, 11) is 9.41. The molecule has 2 radical (unpaired) electrons. The maximum atomic E-state index is 12.1. The van der Waals surface area contributed by atoms with Gasteiger partial charge < -0.3 is 19.8 Å². The van der Waals surface area contributed by atoms with E-state index in [9.17, 15) is 14.4 Å². The van der Waals surface area contributed by atoms with E-state index in [4.69, 9.17) is 7.85 Å². The number of hydrogen-bond donors (Lipinski definition) is 1. The molecule has 0 saturated carbocycles. The van der Waals surface area contributed by atoms with Crippen molar-refractivity contribution in [2.45, 2.75) is 25.4 Å². The average molecular weight is 286 g/mol. The minimum absolute atomic E-state index is 0.173. The molecule has 110 valence electrons. The Morgan fingerprint density at radius 2 is 2.05 bits per heavy atom. The largest absolute Gasteiger partial charge is 0.325 e. The van der Waals surface area contributed by atoms with Crippen LogP contribution in [0, 0.1) is 0 Å². The van der Waals surface area contributed by atoms with Crippen molar-refractivity contribution in [3.8, 4) is 0 Å². The van der Waals surface area contributed by atoms with Crippen LogP contribution in [0.2, 0.25) is 0 Å². The van der Waals surface area contributed by atoms with Crippen molar-refractivity contribution < 1.29 is 14.4 Å². The summed E-state index contributed by atoms with van der Waals surface area (Å²) in [5.41, 5.74) is 2.01. The Hall–Kier alpha value is -1.95. The van der Waals surface area contributed by atoms with E-state index >= 15 is 0 Å². The van der Waals surface area contributed by atoms with Crippen LogP contribution in [0.3, 0.4) is 0 Å². The number of hydrogen-bond acceptors (Lipinski definition) is 4. The van der Waals surface area contributed by atoms with Crippen LogP contribution < -0.4 is 10.8 Å². The van der Waals surface area contributed by atoms with Crippen LogP contribution in [0.4, 0.5) is 0 Å². The van der Waals surface area contributed by atoms with Gasteiger partial charge in [0.1, 0.15) is 20.4 Å². The van der Waals surface area contributed by atoms with Crippen molar-refractivity contribution in [3.63, 3.8) is 0 Å². The standard InChI is InChI=1S/C13H12BNO3.C2H7N/c14-10-3-4-12-9(6-10)7-15(13(12)18)11(8-17)2-1-5-16;1-3-2/h3-6,8,11H,1-2,7H2;3H,1-2H3. The lowest BCUT2D eigenvalue weighted by atomic mass is 9.93. The summed E-state index contributed by atoms with van der Waals surface area (Å²) >= 11 is 0. The fraction of sp³-hybridized carbons (Fsp3) is 0.400. The molecule has 0 saturated heterocycles. The van der Waals surface area contributed by atoms with Crippen LogP contribution in [0.25, 0.3) is 0 Å². The second kappa shape index (κ2) is 8.37. The van der Waals surface area contributed by atoms with Crippen LogP contribution >= 0.6 is 0 Å². The molecular formula is C15H19BN2O3. The summed E-state index contributed by atoms with van der Waals surface area (Å²) < 4.78 is 0. The molecule has 1 atom stereocenters. The van der Waals surface area contributed by atoms with Crippen LogP contribution in [-0.2, 0) is 16.1 Å². The molecule has 1 heterocycles. The third kappa shape index (κ3) is 4.26. The fourth-order valence-electron chi connectivity index (χ4n) is 2.17. The van der Waals surface area contributed by atoms with E-state index in [1.165, 1.54) is 4.90 Å². The molecule has 1 N–H and O–H groups in total. The molecule has 0 aliphatic carbocycles. The van der Waals surface area contributed by atoms with E-state index in [0.29, 0.717) is 24.0 Å². The summed E-state index contributed by atoms with van der Waals surface area (Å²) in [6, 6.07) is 4.54. The topological polar surface area (TPSA) is 66.5 Å². The average Bonchev–Trinajstić information content (AvgIpc) is 2.77. The van der Waals surface area contributed by atoms with Crippen molar-refractivity contribution in [3.05, 3.63) is 29.3 Å². The van der Waals surface area contributed by atoms with Gasteiger partial charge in [0.2, 0.25) is 0 Å². The van der Waals surface area contributed by atoms with Gasteiger partial charge in [0.25, 0.3) is 5.91 Å². The third-order valence-corrected chi connectivity index (χ3v) is 3.10. The zero-order valence-corrected chi connectivity index (χ0v) is 12.3. The van der Waals surface area contributed by atoms with E-state index in [-0.39, 0.29) is 12.3 Å². The Balaban J connectivity index is 0.000000677. The molecule has 21 heavy (non-hydrogen) atoms. The molecular weight excluding hydrogens is 267 g/mol. The number of aldehydes is 2. The summed E-state index contributed by atoms with van der Waals surface area (Å²) in [6.45, 7) is 0.376. The minimum atomic E-state index is -0.545. The molecule has 1 amide bonds. The van der Waals surface area contributed by atoms with Gasteiger partial charge in [-0.05, 0) is 32.1 Å². The monoisotopic (exact) mass is 286 g/mol. The van der Waals surface area contributed by atoms with E-state index in [0.717, 1.165) is 18.1 Å². The maximum Gasteiger partial charge on any atom is 0.255 e. The second-order valence-corrected chi connectivity index (χ2v) is 4.80. The van der Waals surface area contributed by atoms with Gasteiger partial charge in [0.15, 0.2) is 0 Å². The summed E-state index contributed by atoms with van der Waals surface area (Å²) in [5.74, 6) is -0.173. The van der Waals surface area contributed by atoms with E-state index in [1.807, 2.05) is 14.1 Å². The summed E-state index contributed by atoms with van der Waals surface area (Å²) in [4.78, 5) is 35.0. The Morgan fingerprint density at radius 1 is 1.38 bits per heavy atom. The molecule has 0 spiro atoms. The Bertz CT molecular complexity index is 520. The first kappa shape index (κ1) is 17.1.